The summed E-state index contributed by atoms with van der Waals surface area (Å²) < 4.78 is 0. The van der Waals surface area contributed by atoms with Crippen molar-refractivity contribution in [1.29, 1.82) is 0 Å². The standard InChI is InChI=1S/C12H18Cl2N2O.2ClH/c13-11-3-2-10(8-12(11)14)9-16-5-1-4-15-6-7-17;;/h2-3,8,15-17H,1,4-7,9H2;2*1H. The minimum Gasteiger partial charge on any atom is -0.395 e. The molecular formula is C12H20Cl4N2O. The highest BCUT2D eigenvalue weighted by atomic mass is 35.5. The van der Waals surface area contributed by atoms with Crippen LogP contribution in [0.1, 0.15) is 12.0 Å². The van der Waals surface area contributed by atoms with E-state index in [9.17, 15) is 0 Å². The molecule has 1 rings (SSSR count). The van der Waals surface area contributed by atoms with Crippen LogP contribution in [0.15, 0.2) is 18.2 Å². The van der Waals surface area contributed by atoms with E-state index in [-0.39, 0.29) is 31.4 Å². The van der Waals surface area contributed by atoms with Gasteiger partial charge >= 0.3 is 0 Å². The molecule has 112 valence electrons. The molecule has 0 atom stereocenters. The maximum atomic E-state index is 8.56. The van der Waals surface area contributed by atoms with Crippen molar-refractivity contribution in [3.63, 3.8) is 0 Å². The quantitative estimate of drug-likeness (QED) is 0.632. The molecular weight excluding hydrogens is 330 g/mol. The summed E-state index contributed by atoms with van der Waals surface area (Å²) >= 11 is 11.7. The first kappa shape index (κ1) is 21.6. The summed E-state index contributed by atoms with van der Waals surface area (Å²) in [5.41, 5.74) is 1.13. The summed E-state index contributed by atoms with van der Waals surface area (Å²) in [5, 5.41) is 16.2. The van der Waals surface area contributed by atoms with Gasteiger partial charge in [-0.15, -0.1) is 24.8 Å². The minimum absolute atomic E-state index is 0. The Labute approximate surface area is 136 Å². The molecule has 0 unspecified atom stereocenters. The predicted octanol–water partition coefficient (Wildman–Crippen LogP) is 2.90. The van der Waals surface area contributed by atoms with Crippen molar-refractivity contribution in [2.45, 2.75) is 13.0 Å². The first-order valence-electron chi connectivity index (χ1n) is 5.70. The minimum atomic E-state index is 0. The van der Waals surface area contributed by atoms with E-state index in [1.165, 1.54) is 0 Å². The molecule has 3 nitrogen and oxygen atoms in total. The lowest BCUT2D eigenvalue weighted by Gasteiger charge is -2.06. The zero-order valence-electron chi connectivity index (χ0n) is 10.5. The van der Waals surface area contributed by atoms with Crippen LogP contribution in [-0.2, 0) is 6.54 Å². The van der Waals surface area contributed by atoms with Gasteiger partial charge in [-0.3, -0.25) is 0 Å². The van der Waals surface area contributed by atoms with Gasteiger partial charge in [0.1, 0.15) is 0 Å². The van der Waals surface area contributed by atoms with Gasteiger partial charge in [-0.2, -0.15) is 0 Å². The summed E-state index contributed by atoms with van der Waals surface area (Å²) in [6.07, 6.45) is 1.03. The molecule has 3 N–H and O–H groups in total. The highest BCUT2D eigenvalue weighted by Gasteiger charge is 1.98. The molecule has 0 amide bonds. The van der Waals surface area contributed by atoms with Gasteiger partial charge in [0.25, 0.3) is 0 Å². The highest BCUT2D eigenvalue weighted by molar-refractivity contribution is 6.42. The Hall–Kier alpha value is 0.260. The number of hydrogen-bond acceptors (Lipinski definition) is 3. The number of nitrogens with one attached hydrogen (secondary N) is 2. The van der Waals surface area contributed by atoms with Crippen LogP contribution in [0, 0.1) is 0 Å². The molecule has 0 spiro atoms. The maximum Gasteiger partial charge on any atom is 0.0595 e. The third-order valence-electron chi connectivity index (χ3n) is 2.31. The van der Waals surface area contributed by atoms with E-state index in [0.29, 0.717) is 16.6 Å². The summed E-state index contributed by atoms with van der Waals surface area (Å²) in [4.78, 5) is 0. The summed E-state index contributed by atoms with van der Waals surface area (Å²) in [6.45, 7) is 3.48. The SMILES string of the molecule is Cl.Cl.OCCNCCCNCc1ccc(Cl)c(Cl)c1. The summed E-state index contributed by atoms with van der Waals surface area (Å²) in [6, 6.07) is 5.65. The molecule has 0 aliphatic carbocycles. The van der Waals surface area contributed by atoms with Crippen molar-refractivity contribution < 1.29 is 5.11 Å². The van der Waals surface area contributed by atoms with Gasteiger partial charge < -0.3 is 15.7 Å². The lowest BCUT2D eigenvalue weighted by Crippen LogP contribution is -2.23. The second-order valence-electron chi connectivity index (χ2n) is 3.75. The Bertz CT molecular complexity index is 340. The number of hydrogen-bond donors (Lipinski definition) is 3. The average molecular weight is 350 g/mol. The van der Waals surface area contributed by atoms with Crippen molar-refractivity contribution in [3.05, 3.63) is 33.8 Å². The molecule has 0 bridgehead atoms. The molecule has 0 aromatic heterocycles. The summed E-state index contributed by atoms with van der Waals surface area (Å²) in [7, 11) is 0. The number of halogens is 4. The Kier molecular flexibility index (Phi) is 15.0. The Balaban J connectivity index is 0. The van der Waals surface area contributed by atoms with Gasteiger partial charge in [0.15, 0.2) is 0 Å². The molecule has 0 aliphatic rings. The topological polar surface area (TPSA) is 44.3 Å². The molecule has 1 aromatic rings. The number of aliphatic hydroxyl groups is 1. The van der Waals surface area contributed by atoms with E-state index in [1.54, 1.807) is 0 Å². The largest absolute Gasteiger partial charge is 0.395 e. The van der Waals surface area contributed by atoms with E-state index < -0.39 is 0 Å². The van der Waals surface area contributed by atoms with Crippen LogP contribution in [0.3, 0.4) is 0 Å². The van der Waals surface area contributed by atoms with E-state index in [0.717, 1.165) is 31.6 Å². The van der Waals surface area contributed by atoms with Crippen molar-refractivity contribution in [2.75, 3.05) is 26.2 Å². The Morgan fingerprint density at radius 1 is 0.947 bits per heavy atom. The van der Waals surface area contributed by atoms with E-state index in [1.807, 2.05) is 18.2 Å². The van der Waals surface area contributed by atoms with Crippen LogP contribution in [0.4, 0.5) is 0 Å². The molecule has 0 aliphatic heterocycles. The number of benzene rings is 1. The van der Waals surface area contributed by atoms with Gasteiger partial charge in [0, 0.05) is 13.1 Å². The third kappa shape index (κ3) is 9.74. The molecule has 19 heavy (non-hydrogen) atoms. The first-order chi connectivity index (χ1) is 8.24. The molecule has 0 heterocycles. The maximum absolute atomic E-state index is 8.56. The molecule has 0 fully saturated rings. The zero-order valence-corrected chi connectivity index (χ0v) is 13.6. The number of rotatable bonds is 8. The third-order valence-corrected chi connectivity index (χ3v) is 3.05. The smallest absolute Gasteiger partial charge is 0.0595 e. The van der Waals surface area contributed by atoms with Gasteiger partial charge in [0.05, 0.1) is 16.7 Å². The van der Waals surface area contributed by atoms with Crippen LogP contribution in [0.25, 0.3) is 0 Å². The fraction of sp³-hybridized carbons (Fsp3) is 0.500. The Morgan fingerprint density at radius 3 is 2.26 bits per heavy atom. The van der Waals surface area contributed by atoms with E-state index in [4.69, 9.17) is 28.3 Å². The lowest BCUT2D eigenvalue weighted by atomic mass is 10.2. The van der Waals surface area contributed by atoms with E-state index in [2.05, 4.69) is 10.6 Å². The van der Waals surface area contributed by atoms with Crippen LogP contribution in [0.2, 0.25) is 10.0 Å². The second-order valence-corrected chi connectivity index (χ2v) is 4.57. The number of aliphatic hydroxyl groups excluding tert-OH is 1. The van der Waals surface area contributed by atoms with Crippen LogP contribution < -0.4 is 10.6 Å². The fourth-order valence-electron chi connectivity index (χ4n) is 1.42. The van der Waals surface area contributed by atoms with Crippen molar-refractivity contribution in [1.82, 2.24) is 10.6 Å². The van der Waals surface area contributed by atoms with Crippen molar-refractivity contribution in [3.8, 4) is 0 Å². The molecule has 1 aromatic carbocycles. The fourth-order valence-corrected chi connectivity index (χ4v) is 1.75. The predicted molar refractivity (Wildman–Crippen MR) is 87.2 cm³/mol. The van der Waals surface area contributed by atoms with Crippen LogP contribution in [0.5, 0.6) is 0 Å². The molecule has 7 heteroatoms. The molecule has 0 saturated heterocycles. The van der Waals surface area contributed by atoms with Gasteiger partial charge in [0.2, 0.25) is 0 Å². The van der Waals surface area contributed by atoms with Gasteiger partial charge in [-0.1, -0.05) is 29.3 Å². The monoisotopic (exact) mass is 348 g/mol. The van der Waals surface area contributed by atoms with Crippen molar-refractivity contribution >= 4 is 48.0 Å². The van der Waals surface area contributed by atoms with Crippen LogP contribution in [-0.4, -0.2) is 31.3 Å². The van der Waals surface area contributed by atoms with E-state index >= 15 is 0 Å². The lowest BCUT2D eigenvalue weighted by molar-refractivity contribution is 0.292. The highest BCUT2D eigenvalue weighted by Crippen LogP contribution is 2.22. The van der Waals surface area contributed by atoms with Crippen molar-refractivity contribution in [2.24, 2.45) is 0 Å². The van der Waals surface area contributed by atoms with Crippen LogP contribution >= 0.6 is 48.0 Å². The zero-order chi connectivity index (χ0) is 12.5. The second kappa shape index (κ2) is 13.3. The molecule has 0 saturated carbocycles. The average Bonchev–Trinajstić information content (AvgIpc) is 2.32. The normalized spacial score (nSPS) is 9.63. The first-order valence-corrected chi connectivity index (χ1v) is 6.46. The Morgan fingerprint density at radius 2 is 1.63 bits per heavy atom. The molecule has 0 radical (unpaired) electrons. The van der Waals surface area contributed by atoms with Gasteiger partial charge in [-0.25, -0.2) is 0 Å². The van der Waals surface area contributed by atoms with Gasteiger partial charge in [-0.05, 0) is 37.2 Å². The summed E-state index contributed by atoms with van der Waals surface area (Å²) in [5.74, 6) is 0.